The molecule has 0 spiro atoms. The molecule has 2 aromatic rings. The highest BCUT2D eigenvalue weighted by molar-refractivity contribution is 7.98. The maximum Gasteiger partial charge on any atom is 0.189 e. The number of thioether (sulfide) groups is 1. The van der Waals surface area contributed by atoms with E-state index in [0.717, 1.165) is 17.5 Å². The van der Waals surface area contributed by atoms with Gasteiger partial charge >= 0.3 is 0 Å². The van der Waals surface area contributed by atoms with Crippen LogP contribution in [0.1, 0.15) is 15.9 Å². The molecule has 6 heteroatoms. The number of aliphatic hydroxyl groups is 1. The summed E-state index contributed by atoms with van der Waals surface area (Å²) in [6.07, 6.45) is 4.70. The Morgan fingerprint density at radius 2 is 2.30 bits per heavy atom. The predicted molar refractivity (Wildman–Crippen MR) is 79.7 cm³/mol. The molecule has 0 aliphatic heterocycles. The molecule has 0 aliphatic rings. The van der Waals surface area contributed by atoms with Crippen molar-refractivity contribution in [1.29, 1.82) is 0 Å². The van der Waals surface area contributed by atoms with E-state index in [9.17, 15) is 4.79 Å². The molecular formula is C14H15N3O2S. The average molecular weight is 289 g/mol. The summed E-state index contributed by atoms with van der Waals surface area (Å²) in [7, 11) is 0. The third-order valence-corrected chi connectivity index (χ3v) is 3.26. The molecule has 1 heterocycles. The van der Waals surface area contributed by atoms with Crippen LogP contribution in [-0.2, 0) is 6.42 Å². The second kappa shape index (κ2) is 7.02. The summed E-state index contributed by atoms with van der Waals surface area (Å²) in [4.78, 5) is 19.4. The minimum Gasteiger partial charge on any atom is -0.396 e. The summed E-state index contributed by atoms with van der Waals surface area (Å²) in [5, 5.41) is 12.7. The van der Waals surface area contributed by atoms with E-state index in [4.69, 9.17) is 5.11 Å². The third-order valence-electron chi connectivity index (χ3n) is 2.69. The maximum atomic E-state index is 11.0. The smallest absolute Gasteiger partial charge is 0.189 e. The Bertz CT molecular complexity index is 605. The van der Waals surface area contributed by atoms with Crippen molar-refractivity contribution < 1.29 is 9.90 Å². The molecule has 0 amide bonds. The van der Waals surface area contributed by atoms with E-state index >= 15 is 0 Å². The third kappa shape index (κ3) is 3.55. The Labute approximate surface area is 121 Å². The molecule has 0 saturated carbocycles. The Hall–Kier alpha value is -1.92. The first-order valence-electron chi connectivity index (χ1n) is 6.10. The zero-order valence-electron chi connectivity index (χ0n) is 11.0. The number of benzene rings is 1. The van der Waals surface area contributed by atoms with Gasteiger partial charge in [-0.15, -0.1) is 0 Å². The van der Waals surface area contributed by atoms with Crippen molar-refractivity contribution in [2.45, 2.75) is 11.6 Å². The number of hydrogen-bond acceptors (Lipinski definition) is 6. The molecule has 2 rings (SSSR count). The van der Waals surface area contributed by atoms with E-state index in [0.29, 0.717) is 23.0 Å². The molecule has 0 fully saturated rings. The van der Waals surface area contributed by atoms with Crippen molar-refractivity contribution >= 4 is 29.6 Å². The van der Waals surface area contributed by atoms with Crippen LogP contribution in [0.25, 0.3) is 0 Å². The van der Waals surface area contributed by atoms with Gasteiger partial charge in [-0.3, -0.25) is 4.79 Å². The minimum absolute atomic E-state index is 0.104. The van der Waals surface area contributed by atoms with Gasteiger partial charge in [0, 0.05) is 18.5 Å². The van der Waals surface area contributed by atoms with Crippen LogP contribution in [0.3, 0.4) is 0 Å². The second-order valence-electron chi connectivity index (χ2n) is 4.08. The molecule has 2 N–H and O–H groups in total. The number of carbonyl (C=O) groups excluding carboxylic acids is 1. The molecule has 0 atom stereocenters. The van der Waals surface area contributed by atoms with E-state index in [1.807, 2.05) is 30.5 Å². The number of rotatable bonds is 6. The van der Waals surface area contributed by atoms with E-state index in [1.165, 1.54) is 18.0 Å². The Morgan fingerprint density at radius 3 is 3.00 bits per heavy atom. The van der Waals surface area contributed by atoms with Crippen LogP contribution < -0.4 is 5.32 Å². The van der Waals surface area contributed by atoms with E-state index in [1.54, 1.807) is 0 Å². The lowest BCUT2D eigenvalue weighted by atomic mass is 10.1. The summed E-state index contributed by atoms with van der Waals surface area (Å²) in [5.74, 6) is 0.487. The van der Waals surface area contributed by atoms with Gasteiger partial charge in [-0.1, -0.05) is 23.9 Å². The number of nitrogens with zero attached hydrogens (tertiary/aromatic N) is 2. The van der Waals surface area contributed by atoms with Crippen molar-refractivity contribution in [1.82, 2.24) is 9.97 Å². The largest absolute Gasteiger partial charge is 0.396 e. The van der Waals surface area contributed by atoms with Gasteiger partial charge in [0.2, 0.25) is 0 Å². The lowest BCUT2D eigenvalue weighted by molar-refractivity contribution is 0.112. The minimum atomic E-state index is 0.104. The van der Waals surface area contributed by atoms with Crippen LogP contribution in [0.5, 0.6) is 0 Å². The van der Waals surface area contributed by atoms with Crippen LogP contribution in [0, 0.1) is 0 Å². The molecule has 0 bridgehead atoms. The second-order valence-corrected chi connectivity index (χ2v) is 4.85. The van der Waals surface area contributed by atoms with Crippen molar-refractivity contribution in [3.8, 4) is 0 Å². The van der Waals surface area contributed by atoms with Crippen molar-refractivity contribution in [3.05, 3.63) is 41.6 Å². The van der Waals surface area contributed by atoms with E-state index in [-0.39, 0.29) is 6.61 Å². The Balaban J connectivity index is 2.28. The lowest BCUT2D eigenvalue weighted by Gasteiger charge is -2.09. The molecule has 5 nitrogen and oxygen atoms in total. The first kappa shape index (κ1) is 14.5. The predicted octanol–water partition coefficient (Wildman–Crippen LogP) is 2.29. The monoisotopic (exact) mass is 289 g/mol. The molecule has 0 saturated heterocycles. The summed E-state index contributed by atoms with van der Waals surface area (Å²) in [6.45, 7) is 0.104. The lowest BCUT2D eigenvalue weighted by Crippen LogP contribution is -2.02. The fraction of sp³-hybridized carbons (Fsp3) is 0.214. The topological polar surface area (TPSA) is 75.1 Å². The first-order valence-corrected chi connectivity index (χ1v) is 7.32. The zero-order valence-corrected chi connectivity index (χ0v) is 11.9. The van der Waals surface area contributed by atoms with Gasteiger partial charge in [0.1, 0.15) is 5.82 Å². The summed E-state index contributed by atoms with van der Waals surface area (Å²) >= 11 is 1.41. The molecule has 104 valence electrons. The van der Waals surface area contributed by atoms with Gasteiger partial charge < -0.3 is 10.4 Å². The normalized spacial score (nSPS) is 10.3. The molecule has 0 unspecified atom stereocenters. The van der Waals surface area contributed by atoms with Crippen LogP contribution in [0.15, 0.2) is 35.6 Å². The fourth-order valence-corrected chi connectivity index (χ4v) is 2.07. The number of aromatic nitrogens is 2. The molecule has 20 heavy (non-hydrogen) atoms. The highest BCUT2D eigenvalue weighted by Crippen LogP contribution is 2.21. The molecule has 0 aliphatic carbocycles. The first-order chi connectivity index (χ1) is 9.76. The number of anilines is 2. The fourth-order valence-electron chi connectivity index (χ4n) is 1.73. The van der Waals surface area contributed by atoms with Crippen LogP contribution in [-0.4, -0.2) is 34.2 Å². The number of aliphatic hydroxyl groups excluding tert-OH is 1. The van der Waals surface area contributed by atoms with Crippen molar-refractivity contribution in [2.24, 2.45) is 0 Å². The molecular weight excluding hydrogens is 274 g/mol. The number of carbonyl (C=O) groups is 1. The standard InChI is InChI=1S/C14H15N3O2S/c1-20-14-15-8-11(9-19)13(17-14)16-12-4-2-3-10(7-12)5-6-18/h2-4,7-9,18H,5-6H2,1H3,(H,15,16,17). The van der Waals surface area contributed by atoms with Gasteiger partial charge in [-0.05, 0) is 30.4 Å². The SMILES string of the molecule is CSc1ncc(C=O)c(Nc2cccc(CCO)c2)n1. The average Bonchev–Trinajstić information content (AvgIpc) is 2.48. The Kier molecular flexibility index (Phi) is 5.09. The van der Waals surface area contributed by atoms with E-state index in [2.05, 4.69) is 15.3 Å². The van der Waals surface area contributed by atoms with Gasteiger partial charge in [0.05, 0.1) is 5.56 Å². The Morgan fingerprint density at radius 1 is 1.45 bits per heavy atom. The van der Waals surface area contributed by atoms with Crippen molar-refractivity contribution in [2.75, 3.05) is 18.2 Å². The quantitative estimate of drug-likeness (QED) is 0.483. The number of nitrogens with one attached hydrogen (secondary N) is 1. The highest BCUT2D eigenvalue weighted by Gasteiger charge is 2.07. The van der Waals surface area contributed by atoms with Crippen LogP contribution in [0.4, 0.5) is 11.5 Å². The maximum absolute atomic E-state index is 11.0. The summed E-state index contributed by atoms with van der Waals surface area (Å²) in [6, 6.07) is 7.64. The molecule has 0 radical (unpaired) electrons. The van der Waals surface area contributed by atoms with Gasteiger partial charge in [0.25, 0.3) is 0 Å². The van der Waals surface area contributed by atoms with Gasteiger partial charge in [-0.25, -0.2) is 9.97 Å². The number of aldehydes is 1. The zero-order chi connectivity index (χ0) is 14.4. The molecule has 1 aromatic heterocycles. The van der Waals surface area contributed by atoms with Crippen LogP contribution >= 0.6 is 11.8 Å². The van der Waals surface area contributed by atoms with Crippen molar-refractivity contribution in [3.63, 3.8) is 0 Å². The summed E-state index contributed by atoms with van der Waals surface area (Å²) in [5.41, 5.74) is 2.25. The summed E-state index contributed by atoms with van der Waals surface area (Å²) < 4.78 is 0. The van der Waals surface area contributed by atoms with E-state index < -0.39 is 0 Å². The van der Waals surface area contributed by atoms with Gasteiger partial charge in [0.15, 0.2) is 11.4 Å². The highest BCUT2D eigenvalue weighted by atomic mass is 32.2. The van der Waals surface area contributed by atoms with Gasteiger partial charge in [-0.2, -0.15) is 0 Å². The molecule has 1 aromatic carbocycles. The van der Waals surface area contributed by atoms with Crippen LogP contribution in [0.2, 0.25) is 0 Å². The number of hydrogen-bond donors (Lipinski definition) is 2.